The zero-order valence-electron chi connectivity index (χ0n) is 8.94. The summed E-state index contributed by atoms with van der Waals surface area (Å²) in [6.45, 7) is 8.86. The van der Waals surface area contributed by atoms with Gasteiger partial charge >= 0.3 is 0 Å². The van der Waals surface area contributed by atoms with Crippen LogP contribution in [0.3, 0.4) is 0 Å². The van der Waals surface area contributed by atoms with E-state index in [1.807, 2.05) is 0 Å². The molecule has 0 saturated carbocycles. The summed E-state index contributed by atoms with van der Waals surface area (Å²) >= 11 is 0. The fraction of sp³-hybridized carbons (Fsp3) is 0.727. The SMILES string of the molecule is C=CC(=O)N1CCC(C(C)C)C(O)C1. The van der Waals surface area contributed by atoms with Crippen molar-refractivity contribution in [3.8, 4) is 0 Å². The number of amides is 1. The van der Waals surface area contributed by atoms with Crippen molar-refractivity contribution in [2.75, 3.05) is 13.1 Å². The predicted octanol–water partition coefficient (Wildman–Crippen LogP) is 1.04. The molecule has 3 heteroatoms. The molecule has 1 N–H and O–H groups in total. The van der Waals surface area contributed by atoms with E-state index in [9.17, 15) is 9.90 Å². The van der Waals surface area contributed by atoms with Gasteiger partial charge in [0.25, 0.3) is 0 Å². The largest absolute Gasteiger partial charge is 0.391 e. The molecule has 80 valence electrons. The van der Waals surface area contributed by atoms with Crippen LogP contribution in [0.5, 0.6) is 0 Å². The average Bonchev–Trinajstić information content (AvgIpc) is 2.15. The van der Waals surface area contributed by atoms with Gasteiger partial charge in [-0.15, -0.1) is 0 Å². The number of rotatable bonds is 2. The molecule has 0 aromatic heterocycles. The summed E-state index contributed by atoms with van der Waals surface area (Å²) in [5.74, 6) is 0.723. The molecule has 14 heavy (non-hydrogen) atoms. The molecule has 1 amide bonds. The Bertz CT molecular complexity index is 225. The Morgan fingerprint density at radius 2 is 2.29 bits per heavy atom. The lowest BCUT2D eigenvalue weighted by molar-refractivity contribution is -0.131. The molecule has 0 aromatic rings. The lowest BCUT2D eigenvalue weighted by atomic mass is 9.84. The van der Waals surface area contributed by atoms with Gasteiger partial charge in [-0.1, -0.05) is 20.4 Å². The van der Waals surface area contributed by atoms with E-state index in [2.05, 4.69) is 20.4 Å². The molecule has 0 bridgehead atoms. The minimum absolute atomic E-state index is 0.0775. The van der Waals surface area contributed by atoms with Crippen molar-refractivity contribution in [1.29, 1.82) is 0 Å². The van der Waals surface area contributed by atoms with E-state index < -0.39 is 0 Å². The van der Waals surface area contributed by atoms with Crippen molar-refractivity contribution in [3.05, 3.63) is 12.7 Å². The highest BCUT2D eigenvalue weighted by Gasteiger charge is 2.30. The maximum absolute atomic E-state index is 11.3. The molecule has 3 nitrogen and oxygen atoms in total. The van der Waals surface area contributed by atoms with Gasteiger partial charge in [0.15, 0.2) is 0 Å². The second kappa shape index (κ2) is 4.60. The Morgan fingerprint density at radius 3 is 2.71 bits per heavy atom. The number of hydrogen-bond donors (Lipinski definition) is 1. The highest BCUT2D eigenvalue weighted by Crippen LogP contribution is 2.24. The molecule has 1 fully saturated rings. The second-order valence-electron chi connectivity index (χ2n) is 4.25. The van der Waals surface area contributed by atoms with Gasteiger partial charge in [0, 0.05) is 13.1 Å². The lowest BCUT2D eigenvalue weighted by Crippen LogP contribution is -2.47. The third-order valence-electron chi connectivity index (χ3n) is 2.98. The molecule has 1 aliphatic rings. The Labute approximate surface area is 85.4 Å². The summed E-state index contributed by atoms with van der Waals surface area (Å²) in [6.07, 6.45) is 1.81. The van der Waals surface area contributed by atoms with E-state index in [0.29, 0.717) is 18.4 Å². The van der Waals surface area contributed by atoms with Gasteiger partial charge in [0.1, 0.15) is 0 Å². The van der Waals surface area contributed by atoms with Crippen molar-refractivity contribution >= 4 is 5.91 Å². The van der Waals surface area contributed by atoms with Gasteiger partial charge in [-0.05, 0) is 24.3 Å². The highest BCUT2D eigenvalue weighted by atomic mass is 16.3. The molecule has 2 unspecified atom stereocenters. The highest BCUT2D eigenvalue weighted by molar-refractivity contribution is 5.87. The van der Waals surface area contributed by atoms with E-state index in [4.69, 9.17) is 0 Å². The summed E-state index contributed by atoms with van der Waals surface area (Å²) in [5.41, 5.74) is 0. The van der Waals surface area contributed by atoms with Crippen molar-refractivity contribution in [1.82, 2.24) is 4.90 Å². The number of β-amino-alcohol motifs (C(OH)–C–C–N with tert-alkyl or cyclic N) is 1. The van der Waals surface area contributed by atoms with Crippen molar-refractivity contribution in [3.63, 3.8) is 0 Å². The van der Waals surface area contributed by atoms with Crippen molar-refractivity contribution in [2.24, 2.45) is 11.8 Å². The van der Waals surface area contributed by atoms with Crippen LogP contribution in [0.4, 0.5) is 0 Å². The van der Waals surface area contributed by atoms with Crippen LogP contribution in [0, 0.1) is 11.8 Å². The topological polar surface area (TPSA) is 40.5 Å². The standard InChI is InChI=1S/C11H19NO2/c1-4-11(14)12-6-5-9(8(2)3)10(13)7-12/h4,8-10,13H,1,5-7H2,2-3H3. The fourth-order valence-electron chi connectivity index (χ4n) is 2.06. The normalized spacial score (nSPS) is 27.9. The number of aliphatic hydroxyl groups excluding tert-OH is 1. The zero-order valence-corrected chi connectivity index (χ0v) is 8.94. The van der Waals surface area contributed by atoms with E-state index in [1.54, 1.807) is 4.90 Å². The smallest absolute Gasteiger partial charge is 0.246 e. The van der Waals surface area contributed by atoms with Crippen LogP contribution in [-0.2, 0) is 4.79 Å². The number of nitrogens with zero attached hydrogens (tertiary/aromatic N) is 1. The first-order chi connectivity index (χ1) is 6.56. The second-order valence-corrected chi connectivity index (χ2v) is 4.25. The average molecular weight is 197 g/mol. The van der Waals surface area contributed by atoms with Gasteiger partial charge in [-0.25, -0.2) is 0 Å². The third kappa shape index (κ3) is 2.35. The van der Waals surface area contributed by atoms with Crippen LogP contribution in [0.15, 0.2) is 12.7 Å². The van der Waals surface area contributed by atoms with E-state index >= 15 is 0 Å². The summed E-state index contributed by atoms with van der Waals surface area (Å²) in [5, 5.41) is 9.83. The van der Waals surface area contributed by atoms with Crippen molar-refractivity contribution in [2.45, 2.75) is 26.4 Å². The van der Waals surface area contributed by atoms with Crippen LogP contribution in [0.2, 0.25) is 0 Å². The van der Waals surface area contributed by atoms with Crippen LogP contribution >= 0.6 is 0 Å². The number of hydrogen-bond acceptors (Lipinski definition) is 2. The number of likely N-dealkylation sites (tertiary alicyclic amines) is 1. The number of aliphatic hydroxyl groups is 1. The number of carbonyl (C=O) groups excluding carboxylic acids is 1. The zero-order chi connectivity index (χ0) is 10.7. The van der Waals surface area contributed by atoms with Gasteiger partial charge in [0.05, 0.1) is 6.10 Å². The van der Waals surface area contributed by atoms with Gasteiger partial charge in [-0.2, -0.15) is 0 Å². The summed E-state index contributed by atoms with van der Waals surface area (Å²) in [7, 11) is 0. The summed E-state index contributed by atoms with van der Waals surface area (Å²) in [4.78, 5) is 12.9. The molecule has 0 radical (unpaired) electrons. The molecule has 1 heterocycles. The third-order valence-corrected chi connectivity index (χ3v) is 2.98. The molecule has 0 aromatic carbocycles. The van der Waals surface area contributed by atoms with Gasteiger partial charge < -0.3 is 10.0 Å². The van der Waals surface area contributed by atoms with Crippen LogP contribution < -0.4 is 0 Å². The maximum Gasteiger partial charge on any atom is 0.246 e. The first-order valence-electron chi connectivity index (χ1n) is 5.15. The minimum Gasteiger partial charge on any atom is -0.391 e. The van der Waals surface area contributed by atoms with Gasteiger partial charge in [0.2, 0.25) is 5.91 Å². The first kappa shape index (κ1) is 11.2. The molecule has 1 aliphatic heterocycles. The number of piperidine rings is 1. The monoisotopic (exact) mass is 197 g/mol. The van der Waals surface area contributed by atoms with Crippen LogP contribution in [-0.4, -0.2) is 35.1 Å². The van der Waals surface area contributed by atoms with E-state index in [-0.39, 0.29) is 12.0 Å². The molecule has 1 saturated heterocycles. The Kier molecular flexibility index (Phi) is 3.69. The molecular weight excluding hydrogens is 178 g/mol. The van der Waals surface area contributed by atoms with E-state index in [0.717, 1.165) is 13.0 Å². The van der Waals surface area contributed by atoms with E-state index in [1.165, 1.54) is 6.08 Å². The van der Waals surface area contributed by atoms with Gasteiger partial charge in [-0.3, -0.25) is 4.79 Å². The molecule has 1 rings (SSSR count). The summed E-state index contributed by atoms with van der Waals surface area (Å²) in [6, 6.07) is 0. The Balaban J connectivity index is 2.54. The maximum atomic E-state index is 11.3. The summed E-state index contributed by atoms with van der Waals surface area (Å²) < 4.78 is 0. The minimum atomic E-state index is -0.382. The first-order valence-corrected chi connectivity index (χ1v) is 5.15. The lowest BCUT2D eigenvalue weighted by Gasteiger charge is -2.37. The van der Waals surface area contributed by atoms with Crippen molar-refractivity contribution < 1.29 is 9.90 Å². The van der Waals surface area contributed by atoms with Crippen LogP contribution in [0.25, 0.3) is 0 Å². The number of carbonyl (C=O) groups is 1. The molecule has 0 aliphatic carbocycles. The Morgan fingerprint density at radius 1 is 1.64 bits per heavy atom. The molecule has 2 atom stereocenters. The van der Waals surface area contributed by atoms with Crippen LogP contribution in [0.1, 0.15) is 20.3 Å². The predicted molar refractivity (Wildman–Crippen MR) is 55.7 cm³/mol. The quantitative estimate of drug-likeness (QED) is 0.672. The molecule has 0 spiro atoms. The molecular formula is C11H19NO2. The Hall–Kier alpha value is -0.830. The fourth-order valence-corrected chi connectivity index (χ4v) is 2.06.